The van der Waals surface area contributed by atoms with Crippen molar-refractivity contribution >= 4 is 21.4 Å². The summed E-state index contributed by atoms with van der Waals surface area (Å²) in [7, 11) is -3.09. The number of benzene rings is 1. The van der Waals surface area contributed by atoms with Gasteiger partial charge in [0.2, 0.25) is 5.91 Å². The van der Waals surface area contributed by atoms with Gasteiger partial charge in [-0.25, -0.2) is 8.42 Å². The summed E-state index contributed by atoms with van der Waals surface area (Å²) in [6.45, 7) is 0.990. The standard InChI is InChI=1S/C14H17NO5S/c16-14(10-2-1-7-21(17,18)9-10)15-11-3-4-12-13(8-11)20-6-5-19-12/h3-4,8,10H,1-2,5-7,9H2,(H,15,16). The quantitative estimate of drug-likeness (QED) is 0.888. The zero-order valence-electron chi connectivity index (χ0n) is 11.5. The van der Waals surface area contributed by atoms with Crippen LogP contribution in [0.15, 0.2) is 18.2 Å². The van der Waals surface area contributed by atoms with E-state index in [1.54, 1.807) is 18.2 Å². The molecular formula is C14H17NO5S. The van der Waals surface area contributed by atoms with E-state index in [4.69, 9.17) is 9.47 Å². The van der Waals surface area contributed by atoms with Crippen molar-refractivity contribution in [1.82, 2.24) is 0 Å². The molecule has 1 saturated heterocycles. The van der Waals surface area contributed by atoms with Gasteiger partial charge in [-0.1, -0.05) is 0 Å². The second-order valence-electron chi connectivity index (χ2n) is 5.30. The largest absolute Gasteiger partial charge is 0.486 e. The summed E-state index contributed by atoms with van der Waals surface area (Å²) >= 11 is 0. The number of nitrogens with one attached hydrogen (secondary N) is 1. The monoisotopic (exact) mass is 311 g/mol. The number of carbonyl (C=O) groups is 1. The molecule has 1 amide bonds. The molecule has 1 aromatic rings. The van der Waals surface area contributed by atoms with Crippen LogP contribution in [-0.4, -0.2) is 39.0 Å². The van der Waals surface area contributed by atoms with Crippen LogP contribution in [-0.2, 0) is 14.6 Å². The third-order valence-corrected chi connectivity index (χ3v) is 5.46. The van der Waals surface area contributed by atoms with Gasteiger partial charge in [0.05, 0.1) is 17.4 Å². The number of rotatable bonds is 2. The Labute approximate surface area is 123 Å². The van der Waals surface area contributed by atoms with Crippen molar-refractivity contribution in [3.8, 4) is 11.5 Å². The number of carbonyl (C=O) groups excluding carboxylic acids is 1. The molecule has 2 aliphatic heterocycles. The number of hydrogen-bond donors (Lipinski definition) is 1. The van der Waals surface area contributed by atoms with Gasteiger partial charge in [-0.3, -0.25) is 4.79 Å². The zero-order valence-corrected chi connectivity index (χ0v) is 12.3. The van der Waals surface area contributed by atoms with Gasteiger partial charge in [-0.05, 0) is 25.0 Å². The summed E-state index contributed by atoms with van der Waals surface area (Å²) in [5, 5.41) is 2.76. The molecule has 7 heteroatoms. The van der Waals surface area contributed by atoms with E-state index in [0.29, 0.717) is 43.2 Å². The van der Waals surface area contributed by atoms with E-state index < -0.39 is 15.8 Å². The minimum atomic E-state index is -3.09. The Kier molecular flexibility index (Phi) is 3.75. The van der Waals surface area contributed by atoms with Gasteiger partial charge in [0.25, 0.3) is 0 Å². The first-order chi connectivity index (χ1) is 10.0. The fourth-order valence-corrected chi connectivity index (χ4v) is 4.30. The van der Waals surface area contributed by atoms with Gasteiger partial charge in [0.15, 0.2) is 21.3 Å². The van der Waals surface area contributed by atoms with Crippen molar-refractivity contribution in [2.24, 2.45) is 5.92 Å². The maximum absolute atomic E-state index is 12.2. The second kappa shape index (κ2) is 5.55. The molecule has 0 aliphatic carbocycles. The lowest BCUT2D eigenvalue weighted by atomic mass is 10.0. The molecule has 0 bridgehead atoms. The van der Waals surface area contributed by atoms with Crippen LogP contribution in [0.25, 0.3) is 0 Å². The topological polar surface area (TPSA) is 81.7 Å². The highest BCUT2D eigenvalue weighted by Crippen LogP contribution is 2.33. The van der Waals surface area contributed by atoms with Gasteiger partial charge in [-0.2, -0.15) is 0 Å². The average molecular weight is 311 g/mol. The fraction of sp³-hybridized carbons (Fsp3) is 0.500. The summed E-state index contributed by atoms with van der Waals surface area (Å²) in [6.07, 6.45) is 1.15. The number of fused-ring (bicyclic) bond motifs is 1. The summed E-state index contributed by atoms with van der Waals surface area (Å²) in [5.74, 6) is 0.631. The van der Waals surface area contributed by atoms with Crippen LogP contribution in [0.2, 0.25) is 0 Å². The molecule has 0 aromatic heterocycles. The van der Waals surface area contributed by atoms with Crippen LogP contribution < -0.4 is 14.8 Å². The molecule has 2 heterocycles. The number of ether oxygens (including phenoxy) is 2. The molecule has 1 N–H and O–H groups in total. The smallest absolute Gasteiger partial charge is 0.228 e. The predicted octanol–water partition coefficient (Wildman–Crippen LogP) is 1.22. The maximum atomic E-state index is 12.2. The van der Waals surface area contributed by atoms with E-state index >= 15 is 0 Å². The lowest BCUT2D eigenvalue weighted by Gasteiger charge is -2.22. The highest BCUT2D eigenvalue weighted by molar-refractivity contribution is 7.91. The molecule has 1 unspecified atom stereocenters. The Balaban J connectivity index is 1.70. The summed E-state index contributed by atoms with van der Waals surface area (Å²) < 4.78 is 34.0. The first-order valence-electron chi connectivity index (χ1n) is 6.94. The van der Waals surface area contributed by atoms with Gasteiger partial charge in [-0.15, -0.1) is 0 Å². The Morgan fingerprint density at radius 2 is 1.95 bits per heavy atom. The SMILES string of the molecule is O=C(Nc1ccc2c(c1)OCCO2)C1CCCS(=O)(=O)C1. The van der Waals surface area contributed by atoms with Gasteiger partial charge in [0.1, 0.15) is 13.2 Å². The van der Waals surface area contributed by atoms with E-state index in [0.717, 1.165) is 0 Å². The first kappa shape index (κ1) is 14.2. The van der Waals surface area contributed by atoms with Crippen LogP contribution in [0.4, 0.5) is 5.69 Å². The van der Waals surface area contributed by atoms with Crippen LogP contribution >= 0.6 is 0 Å². The lowest BCUT2D eigenvalue weighted by Crippen LogP contribution is -2.34. The molecule has 21 heavy (non-hydrogen) atoms. The molecule has 1 atom stereocenters. The number of amides is 1. The average Bonchev–Trinajstić information content (AvgIpc) is 2.46. The van der Waals surface area contributed by atoms with Gasteiger partial charge < -0.3 is 14.8 Å². The van der Waals surface area contributed by atoms with Crippen LogP contribution in [0, 0.1) is 5.92 Å². The van der Waals surface area contributed by atoms with Gasteiger partial charge >= 0.3 is 0 Å². The molecule has 2 aliphatic rings. The van der Waals surface area contributed by atoms with E-state index in [1.807, 2.05) is 0 Å². The Morgan fingerprint density at radius 3 is 2.71 bits per heavy atom. The highest BCUT2D eigenvalue weighted by Gasteiger charge is 2.30. The summed E-state index contributed by atoms with van der Waals surface area (Å²) in [5.41, 5.74) is 0.590. The molecule has 114 valence electrons. The maximum Gasteiger partial charge on any atom is 0.228 e. The van der Waals surface area contributed by atoms with E-state index in [2.05, 4.69) is 5.32 Å². The van der Waals surface area contributed by atoms with Crippen molar-refractivity contribution in [3.63, 3.8) is 0 Å². The number of anilines is 1. The summed E-state index contributed by atoms with van der Waals surface area (Å²) in [6, 6.07) is 5.16. The van der Waals surface area contributed by atoms with E-state index in [9.17, 15) is 13.2 Å². The van der Waals surface area contributed by atoms with E-state index in [1.165, 1.54) is 0 Å². The fourth-order valence-electron chi connectivity index (χ4n) is 2.60. The molecule has 3 rings (SSSR count). The predicted molar refractivity (Wildman–Crippen MR) is 77.4 cm³/mol. The Hall–Kier alpha value is -1.76. The minimum Gasteiger partial charge on any atom is -0.486 e. The minimum absolute atomic E-state index is 0.0661. The van der Waals surface area contributed by atoms with Crippen LogP contribution in [0.1, 0.15) is 12.8 Å². The molecule has 0 saturated carbocycles. The normalized spacial score (nSPS) is 23.3. The molecule has 0 spiro atoms. The van der Waals surface area contributed by atoms with Crippen molar-refractivity contribution < 1.29 is 22.7 Å². The van der Waals surface area contributed by atoms with Crippen molar-refractivity contribution in [1.29, 1.82) is 0 Å². The van der Waals surface area contributed by atoms with Crippen LogP contribution in [0.3, 0.4) is 0 Å². The molecule has 0 radical (unpaired) electrons. The number of sulfone groups is 1. The molecular weight excluding hydrogens is 294 g/mol. The van der Waals surface area contributed by atoms with Gasteiger partial charge in [0, 0.05) is 11.8 Å². The third kappa shape index (κ3) is 3.29. The van der Waals surface area contributed by atoms with Crippen molar-refractivity contribution in [3.05, 3.63) is 18.2 Å². The van der Waals surface area contributed by atoms with Crippen LogP contribution in [0.5, 0.6) is 11.5 Å². The van der Waals surface area contributed by atoms with Crippen molar-refractivity contribution in [2.75, 3.05) is 30.0 Å². The zero-order chi connectivity index (χ0) is 14.9. The lowest BCUT2D eigenvalue weighted by molar-refractivity contribution is -0.119. The Morgan fingerprint density at radius 1 is 1.19 bits per heavy atom. The third-order valence-electron chi connectivity index (χ3n) is 3.64. The first-order valence-corrected chi connectivity index (χ1v) is 8.76. The number of hydrogen-bond acceptors (Lipinski definition) is 5. The molecule has 1 fully saturated rings. The molecule has 1 aromatic carbocycles. The van der Waals surface area contributed by atoms with E-state index in [-0.39, 0.29) is 17.4 Å². The van der Waals surface area contributed by atoms with Crippen molar-refractivity contribution in [2.45, 2.75) is 12.8 Å². The summed E-state index contributed by atoms with van der Waals surface area (Å²) in [4.78, 5) is 12.2. The highest BCUT2D eigenvalue weighted by atomic mass is 32.2. The Bertz CT molecular complexity index is 655. The molecule has 6 nitrogen and oxygen atoms in total. The second-order valence-corrected chi connectivity index (χ2v) is 7.53.